The van der Waals surface area contributed by atoms with Crippen LogP contribution < -0.4 is 4.90 Å². The molecule has 0 unspecified atom stereocenters. The second-order valence-corrected chi connectivity index (χ2v) is 7.22. The summed E-state index contributed by atoms with van der Waals surface area (Å²) in [5.74, 6) is -2.23. The summed E-state index contributed by atoms with van der Waals surface area (Å²) in [4.78, 5) is 47.9. The van der Waals surface area contributed by atoms with Gasteiger partial charge in [-0.2, -0.15) is 0 Å². The summed E-state index contributed by atoms with van der Waals surface area (Å²) >= 11 is 6.74. The van der Waals surface area contributed by atoms with Crippen molar-refractivity contribution >= 4 is 52.5 Å². The molecule has 8 nitrogen and oxygen atoms in total. The van der Waals surface area contributed by atoms with E-state index in [1.54, 1.807) is 18.2 Å². The molecule has 0 saturated carbocycles. The van der Waals surface area contributed by atoms with Crippen LogP contribution in [0.4, 0.5) is 11.4 Å². The molecule has 0 aliphatic carbocycles. The van der Waals surface area contributed by atoms with Crippen LogP contribution in [0.25, 0.3) is 0 Å². The number of carboxylic acid groups (broad SMARTS) is 1. The molecule has 1 heterocycles. The Bertz CT molecular complexity index is 980. The maximum absolute atomic E-state index is 12.7. The lowest BCUT2D eigenvalue weighted by molar-refractivity contribution is -0.384. The molecule has 10 heteroatoms. The molecule has 3 rings (SSSR count). The number of thioether (sulfide) groups is 1. The first-order valence-corrected chi connectivity index (χ1v) is 8.85. The van der Waals surface area contributed by atoms with Crippen molar-refractivity contribution in [3.8, 4) is 0 Å². The van der Waals surface area contributed by atoms with Crippen LogP contribution in [0.5, 0.6) is 0 Å². The molecule has 1 atom stereocenters. The van der Waals surface area contributed by atoms with E-state index in [2.05, 4.69) is 0 Å². The molecule has 1 aliphatic rings. The number of carboxylic acids is 1. The number of imide groups is 1. The number of benzene rings is 2. The minimum atomic E-state index is -1.14. The minimum absolute atomic E-state index is 0.0309. The highest BCUT2D eigenvalue weighted by Gasteiger charge is 2.41. The number of nitrogens with zero attached hydrogens (tertiary/aromatic N) is 2. The number of hydrogen-bond donors (Lipinski definition) is 1. The van der Waals surface area contributed by atoms with Gasteiger partial charge in [0.1, 0.15) is 5.02 Å². The van der Waals surface area contributed by atoms with Crippen molar-refractivity contribution in [3.63, 3.8) is 0 Å². The highest BCUT2D eigenvalue weighted by molar-refractivity contribution is 8.00. The van der Waals surface area contributed by atoms with Gasteiger partial charge in [0.15, 0.2) is 0 Å². The number of nitro groups is 1. The molecule has 1 saturated heterocycles. The molecule has 2 amide bonds. The Labute approximate surface area is 161 Å². The number of nitro benzene ring substituents is 1. The molecule has 0 radical (unpaired) electrons. The summed E-state index contributed by atoms with van der Waals surface area (Å²) in [5.41, 5.74) is -0.332. The Morgan fingerprint density at radius 1 is 1.26 bits per heavy atom. The van der Waals surface area contributed by atoms with Gasteiger partial charge in [-0.1, -0.05) is 23.7 Å². The second-order valence-electron chi connectivity index (χ2n) is 5.57. The number of halogens is 1. The third-order valence-corrected chi connectivity index (χ3v) is 5.46. The van der Waals surface area contributed by atoms with E-state index in [4.69, 9.17) is 11.6 Å². The van der Waals surface area contributed by atoms with Crippen LogP contribution in [0.2, 0.25) is 5.02 Å². The Morgan fingerprint density at radius 2 is 1.96 bits per heavy atom. The van der Waals surface area contributed by atoms with E-state index >= 15 is 0 Å². The smallest absolute Gasteiger partial charge is 0.336 e. The van der Waals surface area contributed by atoms with E-state index in [0.717, 1.165) is 22.7 Å². The number of anilines is 1. The number of rotatable bonds is 5. The Balaban J connectivity index is 1.89. The Morgan fingerprint density at radius 3 is 2.63 bits per heavy atom. The average molecular weight is 407 g/mol. The van der Waals surface area contributed by atoms with E-state index in [-0.39, 0.29) is 22.7 Å². The predicted octanol–water partition coefficient (Wildman–Crippen LogP) is 3.37. The van der Waals surface area contributed by atoms with Crippen molar-refractivity contribution in [1.29, 1.82) is 0 Å². The quantitative estimate of drug-likeness (QED) is 0.459. The third-order valence-electron chi connectivity index (χ3n) is 3.88. The van der Waals surface area contributed by atoms with Gasteiger partial charge >= 0.3 is 5.97 Å². The van der Waals surface area contributed by atoms with Gasteiger partial charge in [-0.05, 0) is 24.3 Å². The van der Waals surface area contributed by atoms with Gasteiger partial charge < -0.3 is 5.11 Å². The second kappa shape index (κ2) is 7.37. The number of aromatic carboxylic acids is 1. The third kappa shape index (κ3) is 3.64. The normalized spacial score (nSPS) is 16.6. The topological polar surface area (TPSA) is 118 Å². The molecule has 1 fully saturated rings. The molecule has 1 aliphatic heterocycles. The zero-order chi connectivity index (χ0) is 19.7. The largest absolute Gasteiger partial charge is 0.478 e. The first-order chi connectivity index (χ1) is 12.8. The van der Waals surface area contributed by atoms with Crippen molar-refractivity contribution < 1.29 is 24.4 Å². The SMILES string of the molecule is O=C(O)c1ccccc1S[C@@H]1CC(=O)N(c2ccc(Cl)c([N+](=O)[O-])c2)C1=O. The number of amides is 2. The number of hydrogen-bond acceptors (Lipinski definition) is 6. The van der Waals surface area contributed by atoms with Crippen molar-refractivity contribution in [2.45, 2.75) is 16.6 Å². The zero-order valence-electron chi connectivity index (χ0n) is 13.5. The fourth-order valence-electron chi connectivity index (χ4n) is 2.65. The van der Waals surface area contributed by atoms with Gasteiger partial charge in [-0.25, -0.2) is 9.69 Å². The maximum atomic E-state index is 12.7. The molecule has 0 bridgehead atoms. The summed E-state index contributed by atoms with van der Waals surface area (Å²) in [6, 6.07) is 9.83. The summed E-state index contributed by atoms with van der Waals surface area (Å²) in [6.45, 7) is 0. The molecular weight excluding hydrogens is 396 g/mol. The van der Waals surface area contributed by atoms with Crippen LogP contribution in [0, 0.1) is 10.1 Å². The van der Waals surface area contributed by atoms with E-state index < -0.39 is 33.6 Å². The van der Waals surface area contributed by atoms with Crippen molar-refractivity contribution in [2.24, 2.45) is 0 Å². The molecule has 2 aromatic carbocycles. The van der Waals surface area contributed by atoms with Gasteiger partial charge in [0, 0.05) is 17.4 Å². The lowest BCUT2D eigenvalue weighted by Gasteiger charge is -2.15. The monoisotopic (exact) mass is 406 g/mol. The average Bonchev–Trinajstić information content (AvgIpc) is 2.89. The fraction of sp³-hybridized carbons (Fsp3) is 0.118. The molecule has 1 N–H and O–H groups in total. The fourth-order valence-corrected chi connectivity index (χ4v) is 4.01. The Kier molecular flexibility index (Phi) is 5.15. The predicted molar refractivity (Wildman–Crippen MR) is 98.3 cm³/mol. The van der Waals surface area contributed by atoms with Gasteiger partial charge in [-0.15, -0.1) is 11.8 Å². The van der Waals surface area contributed by atoms with Gasteiger partial charge in [0.25, 0.3) is 5.69 Å². The first kappa shape index (κ1) is 18.9. The summed E-state index contributed by atoms with van der Waals surface area (Å²) in [6.07, 6.45) is -0.145. The highest BCUT2D eigenvalue weighted by atomic mass is 35.5. The zero-order valence-corrected chi connectivity index (χ0v) is 15.1. The van der Waals surface area contributed by atoms with Crippen LogP contribution in [0.15, 0.2) is 47.4 Å². The van der Waals surface area contributed by atoms with E-state index in [1.165, 1.54) is 18.2 Å². The van der Waals surface area contributed by atoms with Crippen LogP contribution in [0.3, 0.4) is 0 Å². The summed E-state index contributed by atoms with van der Waals surface area (Å²) < 4.78 is 0. The van der Waals surface area contributed by atoms with Crippen LogP contribution >= 0.6 is 23.4 Å². The highest BCUT2D eigenvalue weighted by Crippen LogP contribution is 2.37. The van der Waals surface area contributed by atoms with Gasteiger partial charge in [-0.3, -0.25) is 19.7 Å². The molecular formula is C17H11ClN2O6S. The summed E-state index contributed by atoms with van der Waals surface area (Å²) in [5, 5.41) is 19.3. The number of carbonyl (C=O) groups is 3. The van der Waals surface area contributed by atoms with Crippen molar-refractivity contribution in [3.05, 3.63) is 63.2 Å². The molecule has 0 spiro atoms. The maximum Gasteiger partial charge on any atom is 0.336 e. The van der Waals surface area contributed by atoms with Crippen molar-refractivity contribution in [2.75, 3.05) is 4.90 Å². The molecule has 0 aromatic heterocycles. The first-order valence-electron chi connectivity index (χ1n) is 7.59. The lowest BCUT2D eigenvalue weighted by Crippen LogP contribution is -2.31. The summed E-state index contributed by atoms with van der Waals surface area (Å²) in [7, 11) is 0. The van der Waals surface area contributed by atoms with E-state index in [1.807, 2.05) is 0 Å². The van der Waals surface area contributed by atoms with Gasteiger partial charge in [0.05, 0.1) is 21.4 Å². The van der Waals surface area contributed by atoms with E-state index in [9.17, 15) is 29.6 Å². The van der Waals surface area contributed by atoms with Crippen LogP contribution in [-0.2, 0) is 9.59 Å². The number of carbonyl (C=O) groups excluding carboxylic acids is 2. The lowest BCUT2D eigenvalue weighted by atomic mass is 10.2. The van der Waals surface area contributed by atoms with Crippen molar-refractivity contribution in [1.82, 2.24) is 0 Å². The molecule has 27 heavy (non-hydrogen) atoms. The van der Waals surface area contributed by atoms with Crippen LogP contribution in [-0.4, -0.2) is 33.1 Å². The Hall–Kier alpha value is -2.91. The van der Waals surface area contributed by atoms with Gasteiger partial charge in [0.2, 0.25) is 11.8 Å². The van der Waals surface area contributed by atoms with E-state index in [0.29, 0.717) is 4.90 Å². The van der Waals surface area contributed by atoms with Crippen LogP contribution in [0.1, 0.15) is 16.8 Å². The minimum Gasteiger partial charge on any atom is -0.478 e. The molecule has 2 aromatic rings. The standard InChI is InChI=1S/C17H11ClN2O6S/c18-11-6-5-9(7-12(11)20(25)26)19-15(21)8-14(16(19)22)27-13-4-2-1-3-10(13)17(23)24/h1-7,14H,8H2,(H,23,24)/t14-/m1/s1. The molecule has 138 valence electrons.